The molecule has 0 spiro atoms. The highest BCUT2D eigenvalue weighted by atomic mass is 32.2. The highest BCUT2D eigenvalue weighted by molar-refractivity contribution is 7.89. The fourth-order valence-corrected chi connectivity index (χ4v) is 2.59. The molecular formula is C13H18N4O3S. The Bertz CT molecular complexity index is 740. The van der Waals surface area contributed by atoms with Gasteiger partial charge in [0.1, 0.15) is 11.8 Å². The Morgan fingerprint density at radius 1 is 1.38 bits per heavy atom. The van der Waals surface area contributed by atoms with Crippen molar-refractivity contribution in [2.75, 3.05) is 18.1 Å². The van der Waals surface area contributed by atoms with E-state index < -0.39 is 10.0 Å². The second-order valence-electron chi connectivity index (χ2n) is 4.63. The summed E-state index contributed by atoms with van der Waals surface area (Å²) >= 11 is 0. The van der Waals surface area contributed by atoms with Gasteiger partial charge in [0.2, 0.25) is 15.9 Å². The monoisotopic (exact) mass is 310 g/mol. The number of nitrogens with two attached hydrogens (primary N) is 1. The number of hydrogen-bond donors (Lipinski definition) is 3. The molecule has 1 unspecified atom stereocenters. The lowest BCUT2D eigenvalue weighted by Crippen LogP contribution is -2.19. The van der Waals surface area contributed by atoms with Crippen molar-refractivity contribution in [3.05, 3.63) is 36.0 Å². The normalized spacial score (nSPS) is 13.1. The number of anilines is 2. The van der Waals surface area contributed by atoms with Crippen LogP contribution in [-0.2, 0) is 10.0 Å². The number of rotatable bonds is 5. The van der Waals surface area contributed by atoms with Gasteiger partial charge in [-0.25, -0.2) is 18.1 Å². The third kappa shape index (κ3) is 3.34. The summed E-state index contributed by atoms with van der Waals surface area (Å²) in [4.78, 5) is 4.25. The molecule has 1 atom stereocenters. The summed E-state index contributed by atoms with van der Waals surface area (Å²) < 4.78 is 31.1. The third-order valence-electron chi connectivity index (χ3n) is 2.98. The van der Waals surface area contributed by atoms with Crippen LogP contribution in [0.1, 0.15) is 24.6 Å². The van der Waals surface area contributed by atoms with Gasteiger partial charge in [0.05, 0.1) is 22.5 Å². The molecule has 0 aliphatic rings. The number of nitrogens with one attached hydrogen (secondary N) is 2. The molecule has 21 heavy (non-hydrogen) atoms. The summed E-state index contributed by atoms with van der Waals surface area (Å²) in [5.41, 5.74) is 6.85. The lowest BCUT2D eigenvalue weighted by atomic mass is 10.2. The topological polar surface area (TPSA) is 110 Å². The van der Waals surface area contributed by atoms with Gasteiger partial charge in [-0.15, -0.1) is 0 Å². The van der Waals surface area contributed by atoms with Crippen LogP contribution < -0.4 is 15.8 Å². The molecule has 0 saturated heterocycles. The number of aromatic nitrogens is 1. The van der Waals surface area contributed by atoms with Crippen molar-refractivity contribution in [3.8, 4) is 0 Å². The highest BCUT2D eigenvalue weighted by Gasteiger charge is 2.16. The van der Waals surface area contributed by atoms with Crippen LogP contribution in [0.3, 0.4) is 0 Å². The third-order valence-corrected chi connectivity index (χ3v) is 4.40. The van der Waals surface area contributed by atoms with Crippen molar-refractivity contribution in [1.82, 2.24) is 9.71 Å². The first-order chi connectivity index (χ1) is 9.83. The zero-order valence-corrected chi connectivity index (χ0v) is 12.9. The van der Waals surface area contributed by atoms with E-state index in [2.05, 4.69) is 15.0 Å². The Hall–Kier alpha value is -2.06. The van der Waals surface area contributed by atoms with Crippen LogP contribution in [0.4, 0.5) is 11.4 Å². The molecule has 0 fully saturated rings. The maximum Gasteiger partial charge on any atom is 0.240 e. The van der Waals surface area contributed by atoms with E-state index in [4.69, 9.17) is 10.2 Å². The van der Waals surface area contributed by atoms with E-state index in [0.717, 1.165) is 5.76 Å². The molecule has 8 heteroatoms. The number of benzene rings is 1. The lowest BCUT2D eigenvalue weighted by Gasteiger charge is -2.15. The van der Waals surface area contributed by atoms with Gasteiger partial charge >= 0.3 is 0 Å². The minimum Gasteiger partial charge on any atom is -0.444 e. The largest absolute Gasteiger partial charge is 0.444 e. The molecule has 0 radical (unpaired) electrons. The molecule has 1 aromatic carbocycles. The lowest BCUT2D eigenvalue weighted by molar-refractivity contribution is 0.454. The summed E-state index contributed by atoms with van der Waals surface area (Å²) in [6.07, 6.45) is 1.64. The molecule has 0 bridgehead atoms. The van der Waals surface area contributed by atoms with Gasteiger partial charge < -0.3 is 15.5 Å². The van der Waals surface area contributed by atoms with Gasteiger partial charge in [0.25, 0.3) is 0 Å². The molecule has 114 valence electrons. The molecule has 0 saturated carbocycles. The van der Waals surface area contributed by atoms with Gasteiger partial charge in [-0.2, -0.15) is 0 Å². The van der Waals surface area contributed by atoms with Gasteiger partial charge in [-0.05, 0) is 39.1 Å². The predicted octanol–water partition coefficient (Wildman–Crippen LogP) is 1.65. The zero-order chi connectivity index (χ0) is 15.6. The predicted molar refractivity (Wildman–Crippen MR) is 80.4 cm³/mol. The standard InChI is InChI=1S/C13H18N4O3S/c1-8-7-16-13(20-8)9(2)17-12-5-4-10(6-11(12)14)21(18,19)15-3/h4-7,9,15,17H,14H2,1-3H3. The van der Waals surface area contributed by atoms with E-state index in [1.165, 1.54) is 19.2 Å². The molecular weight excluding hydrogens is 292 g/mol. The van der Waals surface area contributed by atoms with Crippen LogP contribution in [0.15, 0.2) is 33.7 Å². The number of oxazole rings is 1. The Morgan fingerprint density at radius 2 is 2.10 bits per heavy atom. The minimum absolute atomic E-state index is 0.118. The maximum absolute atomic E-state index is 11.7. The molecule has 2 rings (SSSR count). The quantitative estimate of drug-likeness (QED) is 0.724. The van der Waals surface area contributed by atoms with Crippen molar-refractivity contribution >= 4 is 21.4 Å². The first-order valence-corrected chi connectivity index (χ1v) is 7.83. The minimum atomic E-state index is -3.50. The second kappa shape index (κ2) is 5.74. The van der Waals surface area contributed by atoms with Gasteiger partial charge in [-0.1, -0.05) is 0 Å². The van der Waals surface area contributed by atoms with Crippen molar-refractivity contribution < 1.29 is 12.8 Å². The number of aryl methyl sites for hydroxylation is 1. The summed E-state index contributed by atoms with van der Waals surface area (Å²) in [6, 6.07) is 4.32. The van der Waals surface area contributed by atoms with Crippen LogP contribution in [0.25, 0.3) is 0 Å². The van der Waals surface area contributed by atoms with E-state index in [0.29, 0.717) is 17.3 Å². The van der Waals surface area contributed by atoms with Crippen LogP contribution in [0.2, 0.25) is 0 Å². The van der Waals surface area contributed by atoms with Crippen molar-refractivity contribution in [1.29, 1.82) is 0 Å². The fraction of sp³-hybridized carbons (Fsp3) is 0.308. The Balaban J connectivity index is 2.22. The average Bonchev–Trinajstić information content (AvgIpc) is 2.87. The van der Waals surface area contributed by atoms with Gasteiger partial charge in [0, 0.05) is 0 Å². The van der Waals surface area contributed by atoms with E-state index in [9.17, 15) is 8.42 Å². The highest BCUT2D eigenvalue weighted by Crippen LogP contribution is 2.26. The van der Waals surface area contributed by atoms with Crippen LogP contribution in [-0.4, -0.2) is 20.4 Å². The Labute approximate surface area is 123 Å². The first kappa shape index (κ1) is 15.3. The molecule has 1 aromatic heterocycles. The second-order valence-corrected chi connectivity index (χ2v) is 6.52. The number of nitrogens with zero attached hydrogens (tertiary/aromatic N) is 1. The molecule has 2 aromatic rings. The summed E-state index contributed by atoms with van der Waals surface area (Å²) in [7, 11) is -2.15. The van der Waals surface area contributed by atoms with Crippen molar-refractivity contribution in [2.45, 2.75) is 24.8 Å². The van der Waals surface area contributed by atoms with Gasteiger partial charge in [-0.3, -0.25) is 0 Å². The molecule has 7 nitrogen and oxygen atoms in total. The van der Waals surface area contributed by atoms with Crippen molar-refractivity contribution in [3.63, 3.8) is 0 Å². The number of hydrogen-bond acceptors (Lipinski definition) is 6. The Kier molecular flexibility index (Phi) is 4.19. The van der Waals surface area contributed by atoms with Crippen molar-refractivity contribution in [2.24, 2.45) is 0 Å². The molecule has 0 amide bonds. The summed E-state index contributed by atoms with van der Waals surface area (Å²) in [6.45, 7) is 3.69. The van der Waals surface area contributed by atoms with Crippen LogP contribution >= 0.6 is 0 Å². The van der Waals surface area contributed by atoms with Gasteiger partial charge in [0.15, 0.2) is 0 Å². The number of nitrogen functional groups attached to an aromatic ring is 1. The first-order valence-electron chi connectivity index (χ1n) is 6.35. The smallest absolute Gasteiger partial charge is 0.240 e. The van der Waals surface area contributed by atoms with E-state index in [-0.39, 0.29) is 10.9 Å². The van der Waals surface area contributed by atoms with E-state index >= 15 is 0 Å². The average molecular weight is 310 g/mol. The zero-order valence-electron chi connectivity index (χ0n) is 12.0. The molecule has 4 N–H and O–H groups in total. The summed E-state index contributed by atoms with van der Waals surface area (Å²) in [5.74, 6) is 1.26. The van der Waals surface area contributed by atoms with E-state index in [1.54, 1.807) is 12.3 Å². The number of sulfonamides is 1. The Morgan fingerprint density at radius 3 is 2.62 bits per heavy atom. The van der Waals surface area contributed by atoms with Crippen LogP contribution in [0.5, 0.6) is 0 Å². The van der Waals surface area contributed by atoms with Crippen LogP contribution in [0, 0.1) is 6.92 Å². The molecule has 0 aliphatic carbocycles. The summed E-state index contributed by atoms with van der Waals surface area (Å²) in [5, 5.41) is 3.14. The fourth-order valence-electron chi connectivity index (χ4n) is 1.82. The SMILES string of the molecule is CNS(=O)(=O)c1ccc(NC(C)c2ncc(C)o2)c(N)c1. The molecule has 0 aliphatic heterocycles. The molecule has 1 heterocycles. The van der Waals surface area contributed by atoms with E-state index in [1.807, 2.05) is 13.8 Å². The maximum atomic E-state index is 11.7.